The monoisotopic (exact) mass is 274 g/mol. The summed E-state index contributed by atoms with van der Waals surface area (Å²) < 4.78 is 12.2. The van der Waals surface area contributed by atoms with Crippen LogP contribution in [0.5, 0.6) is 11.5 Å². The highest BCUT2D eigenvalue weighted by Crippen LogP contribution is 2.34. The van der Waals surface area contributed by atoms with Crippen LogP contribution in [-0.4, -0.2) is 16.6 Å². The largest absolute Gasteiger partial charge is 0.485 e. The quantitative estimate of drug-likeness (QED) is 0.854. The minimum absolute atomic E-state index is 0.247. The molecule has 0 saturated heterocycles. The van der Waals surface area contributed by atoms with Crippen molar-refractivity contribution in [1.29, 1.82) is 0 Å². The average Bonchev–Trinajstić information content (AvgIpc) is 2.46. The van der Waals surface area contributed by atoms with E-state index in [2.05, 4.69) is 16.9 Å². The van der Waals surface area contributed by atoms with Gasteiger partial charge in [-0.05, 0) is 24.6 Å². The normalized spacial score (nSPS) is 17.2. The van der Waals surface area contributed by atoms with E-state index in [1.165, 1.54) is 0 Å². The Labute approximate surface area is 116 Å². The Morgan fingerprint density at radius 1 is 1.37 bits per heavy atom. The number of aryl methyl sites for hydroxylation is 1. The molecule has 0 amide bonds. The third kappa shape index (κ3) is 2.46. The molecule has 5 heteroatoms. The van der Waals surface area contributed by atoms with Crippen molar-refractivity contribution in [2.75, 3.05) is 6.61 Å². The molecule has 0 radical (unpaired) electrons. The zero-order chi connectivity index (χ0) is 13.2. The summed E-state index contributed by atoms with van der Waals surface area (Å²) in [5, 5.41) is 0. The molecule has 1 atom stereocenters. The number of hydrogen-bond acceptors (Lipinski definition) is 4. The van der Waals surface area contributed by atoms with Gasteiger partial charge in [-0.25, -0.2) is 4.98 Å². The second kappa shape index (κ2) is 5.01. The topological polar surface area (TPSA) is 47.1 Å². The van der Waals surface area contributed by atoms with Gasteiger partial charge in [0.1, 0.15) is 11.2 Å². The maximum atomic E-state index is 5.91. The van der Waals surface area contributed by atoms with Crippen molar-refractivity contribution >= 4 is 12.2 Å². The molecule has 2 aromatic rings. The van der Waals surface area contributed by atoms with Crippen LogP contribution in [0.15, 0.2) is 30.3 Å². The van der Waals surface area contributed by atoms with Crippen LogP contribution in [0.3, 0.4) is 0 Å². The molecule has 1 unspecified atom stereocenters. The first kappa shape index (κ1) is 12.2. The minimum atomic E-state index is -0.247. The fourth-order valence-corrected chi connectivity index (χ4v) is 2.27. The van der Waals surface area contributed by atoms with E-state index in [-0.39, 0.29) is 6.10 Å². The second-order valence-corrected chi connectivity index (χ2v) is 4.77. The lowest BCUT2D eigenvalue weighted by Crippen LogP contribution is -2.23. The highest BCUT2D eigenvalue weighted by molar-refractivity contribution is 7.71. The Balaban J connectivity index is 1.93. The molecule has 0 aliphatic carbocycles. The lowest BCUT2D eigenvalue weighted by Gasteiger charge is -2.25. The molecule has 1 aliphatic rings. The molecule has 3 rings (SSSR count). The fourth-order valence-electron chi connectivity index (χ4n) is 2.03. The van der Waals surface area contributed by atoms with E-state index in [9.17, 15) is 0 Å². The lowest BCUT2D eigenvalue weighted by atomic mass is 10.2. The Hall–Kier alpha value is -1.88. The summed E-state index contributed by atoms with van der Waals surface area (Å²) in [6, 6.07) is 9.49. The molecule has 1 aliphatic heterocycles. The number of ether oxygens (including phenoxy) is 2. The van der Waals surface area contributed by atoms with Gasteiger partial charge in [-0.2, -0.15) is 0 Å². The molecular formula is C14H14N2O2S. The zero-order valence-electron chi connectivity index (χ0n) is 10.6. The predicted molar refractivity (Wildman–Crippen MR) is 74.1 cm³/mol. The van der Waals surface area contributed by atoms with Crippen molar-refractivity contribution in [3.63, 3.8) is 0 Å². The van der Waals surface area contributed by atoms with Gasteiger partial charge in [0, 0.05) is 5.69 Å². The molecule has 2 heterocycles. The number of H-pyrrole nitrogens is 1. The molecule has 4 nitrogen and oxygen atoms in total. The van der Waals surface area contributed by atoms with E-state index in [1.54, 1.807) is 0 Å². The Bertz CT molecular complexity index is 654. The number of hydrogen-bond donors (Lipinski definition) is 1. The molecule has 0 bridgehead atoms. The maximum absolute atomic E-state index is 5.91. The molecule has 0 fully saturated rings. The lowest BCUT2D eigenvalue weighted by molar-refractivity contribution is 0.0848. The summed E-state index contributed by atoms with van der Waals surface area (Å²) in [4.78, 5) is 7.59. The van der Waals surface area contributed by atoms with Gasteiger partial charge in [-0.15, -0.1) is 0 Å². The summed E-state index contributed by atoms with van der Waals surface area (Å²) in [6.07, 6.45) is 0.631. The number of nitrogens with zero attached hydrogens (tertiary/aromatic N) is 1. The van der Waals surface area contributed by atoms with Crippen LogP contribution in [0.2, 0.25) is 0 Å². The molecule has 1 N–H and O–H groups in total. The number of para-hydroxylation sites is 2. The number of rotatable bonds is 2. The first-order chi connectivity index (χ1) is 9.26. The standard InChI is InChI=1S/C14H14N2O2S/c1-2-9-7-13(19)16-14(15-9)12-8-17-10-5-3-4-6-11(10)18-12/h3-7,12H,2,8H2,1H3,(H,15,16,19). The minimum Gasteiger partial charge on any atom is -0.485 e. The molecule has 1 aromatic carbocycles. The summed E-state index contributed by atoms with van der Waals surface area (Å²) >= 11 is 5.17. The van der Waals surface area contributed by atoms with Crippen LogP contribution >= 0.6 is 12.2 Å². The fraction of sp³-hybridized carbons (Fsp3) is 0.286. The third-order valence-electron chi connectivity index (χ3n) is 3.01. The zero-order valence-corrected chi connectivity index (χ0v) is 11.4. The van der Waals surface area contributed by atoms with Crippen LogP contribution < -0.4 is 9.47 Å². The number of aromatic nitrogens is 2. The number of nitrogens with one attached hydrogen (secondary N) is 1. The van der Waals surface area contributed by atoms with Crippen LogP contribution in [-0.2, 0) is 6.42 Å². The maximum Gasteiger partial charge on any atom is 0.190 e. The van der Waals surface area contributed by atoms with Crippen molar-refractivity contribution in [1.82, 2.24) is 9.97 Å². The summed E-state index contributed by atoms with van der Waals surface area (Å²) in [6.45, 7) is 2.50. The van der Waals surface area contributed by atoms with Gasteiger partial charge in [-0.3, -0.25) is 0 Å². The van der Waals surface area contributed by atoms with E-state index in [1.807, 2.05) is 30.3 Å². The SMILES string of the molecule is CCc1cc(=S)nc(C2COc3ccccc3O2)[nH]1. The van der Waals surface area contributed by atoms with E-state index in [0.717, 1.165) is 29.4 Å². The summed E-state index contributed by atoms with van der Waals surface area (Å²) in [7, 11) is 0. The van der Waals surface area contributed by atoms with Gasteiger partial charge in [0.25, 0.3) is 0 Å². The van der Waals surface area contributed by atoms with Crippen molar-refractivity contribution in [3.05, 3.63) is 46.5 Å². The van der Waals surface area contributed by atoms with Crippen LogP contribution in [0, 0.1) is 4.64 Å². The van der Waals surface area contributed by atoms with Crippen molar-refractivity contribution in [2.24, 2.45) is 0 Å². The van der Waals surface area contributed by atoms with Crippen LogP contribution in [0.25, 0.3) is 0 Å². The smallest absolute Gasteiger partial charge is 0.190 e. The third-order valence-corrected chi connectivity index (χ3v) is 3.22. The van der Waals surface area contributed by atoms with Crippen molar-refractivity contribution in [3.8, 4) is 11.5 Å². The molecule has 0 spiro atoms. The first-order valence-corrected chi connectivity index (χ1v) is 6.65. The van der Waals surface area contributed by atoms with E-state index in [0.29, 0.717) is 11.2 Å². The first-order valence-electron chi connectivity index (χ1n) is 6.25. The second-order valence-electron chi connectivity index (χ2n) is 4.35. The number of benzene rings is 1. The Morgan fingerprint density at radius 3 is 2.95 bits per heavy atom. The molecular weight excluding hydrogens is 260 g/mol. The van der Waals surface area contributed by atoms with Crippen LogP contribution in [0.4, 0.5) is 0 Å². The van der Waals surface area contributed by atoms with Gasteiger partial charge < -0.3 is 14.5 Å². The highest BCUT2D eigenvalue weighted by Gasteiger charge is 2.24. The van der Waals surface area contributed by atoms with Gasteiger partial charge >= 0.3 is 0 Å². The molecule has 1 aromatic heterocycles. The summed E-state index contributed by atoms with van der Waals surface area (Å²) in [5.41, 5.74) is 1.05. The Morgan fingerprint density at radius 2 is 2.16 bits per heavy atom. The highest BCUT2D eigenvalue weighted by atomic mass is 32.1. The predicted octanol–water partition coefficient (Wildman–Crippen LogP) is 3.21. The van der Waals surface area contributed by atoms with Gasteiger partial charge in [-0.1, -0.05) is 31.3 Å². The molecule has 0 saturated carbocycles. The van der Waals surface area contributed by atoms with Crippen molar-refractivity contribution in [2.45, 2.75) is 19.4 Å². The van der Waals surface area contributed by atoms with Gasteiger partial charge in [0.2, 0.25) is 0 Å². The van der Waals surface area contributed by atoms with E-state index in [4.69, 9.17) is 21.7 Å². The molecule has 98 valence electrons. The average molecular weight is 274 g/mol. The summed E-state index contributed by atoms with van der Waals surface area (Å²) in [5.74, 6) is 2.23. The van der Waals surface area contributed by atoms with Gasteiger partial charge in [0.05, 0.1) is 0 Å². The molecule has 19 heavy (non-hydrogen) atoms. The number of fused-ring (bicyclic) bond motifs is 1. The van der Waals surface area contributed by atoms with Gasteiger partial charge in [0.15, 0.2) is 23.4 Å². The Kier molecular flexibility index (Phi) is 3.21. The van der Waals surface area contributed by atoms with Crippen LogP contribution in [0.1, 0.15) is 24.5 Å². The van der Waals surface area contributed by atoms with E-state index < -0.39 is 0 Å². The van der Waals surface area contributed by atoms with Crippen molar-refractivity contribution < 1.29 is 9.47 Å². The number of aromatic amines is 1. The van der Waals surface area contributed by atoms with E-state index >= 15 is 0 Å².